The van der Waals surface area contributed by atoms with Gasteiger partial charge in [-0.1, -0.05) is 23.5 Å². The molecule has 1 aliphatic heterocycles. The minimum atomic E-state index is -3.67. The number of nitrogens with zero attached hydrogens (tertiary/aromatic N) is 2. The highest BCUT2D eigenvalue weighted by Gasteiger charge is 2.27. The number of hydrogen-bond donors (Lipinski definition) is 1. The fourth-order valence-corrected chi connectivity index (χ4v) is 5.59. The molecule has 2 heterocycles. The van der Waals surface area contributed by atoms with Crippen molar-refractivity contribution < 1.29 is 17.9 Å². The van der Waals surface area contributed by atoms with Gasteiger partial charge in [0.15, 0.2) is 5.13 Å². The molecule has 1 amide bonds. The zero-order valence-corrected chi connectivity index (χ0v) is 17.8. The van der Waals surface area contributed by atoms with Crippen molar-refractivity contribution in [3.8, 4) is 0 Å². The van der Waals surface area contributed by atoms with Crippen molar-refractivity contribution in [1.82, 2.24) is 9.29 Å². The van der Waals surface area contributed by atoms with Gasteiger partial charge >= 0.3 is 0 Å². The van der Waals surface area contributed by atoms with Crippen molar-refractivity contribution in [3.63, 3.8) is 0 Å². The summed E-state index contributed by atoms with van der Waals surface area (Å²) in [6.45, 7) is 5.14. The van der Waals surface area contributed by atoms with Crippen LogP contribution in [0.2, 0.25) is 0 Å². The molecule has 7 nitrogen and oxygen atoms in total. The molecule has 1 saturated heterocycles. The molecule has 29 heavy (non-hydrogen) atoms. The zero-order valence-electron chi connectivity index (χ0n) is 16.1. The van der Waals surface area contributed by atoms with E-state index < -0.39 is 10.0 Å². The van der Waals surface area contributed by atoms with E-state index in [4.69, 9.17) is 4.74 Å². The first-order chi connectivity index (χ1) is 13.8. The van der Waals surface area contributed by atoms with Gasteiger partial charge in [0.1, 0.15) is 0 Å². The van der Waals surface area contributed by atoms with Crippen molar-refractivity contribution in [2.24, 2.45) is 0 Å². The molecule has 2 aromatic carbocycles. The van der Waals surface area contributed by atoms with Gasteiger partial charge in [0.25, 0.3) is 5.91 Å². The van der Waals surface area contributed by atoms with Crippen LogP contribution in [0.25, 0.3) is 10.2 Å². The maximum atomic E-state index is 12.9. The number of benzene rings is 2. The minimum absolute atomic E-state index is 0.107. The van der Waals surface area contributed by atoms with E-state index in [-0.39, 0.29) is 10.8 Å². The van der Waals surface area contributed by atoms with Crippen LogP contribution in [-0.2, 0) is 14.8 Å². The fourth-order valence-electron chi connectivity index (χ4n) is 3.19. The number of hydrogen-bond acceptors (Lipinski definition) is 6. The summed E-state index contributed by atoms with van der Waals surface area (Å²) >= 11 is 1.39. The number of amides is 1. The van der Waals surface area contributed by atoms with Gasteiger partial charge in [-0.2, -0.15) is 4.31 Å². The first-order valence-electron chi connectivity index (χ1n) is 9.22. The summed E-state index contributed by atoms with van der Waals surface area (Å²) in [5.74, 6) is -0.377. The van der Waals surface area contributed by atoms with E-state index in [0.29, 0.717) is 42.6 Å². The van der Waals surface area contributed by atoms with Gasteiger partial charge < -0.3 is 4.74 Å². The number of aromatic nitrogens is 1. The highest BCUT2D eigenvalue weighted by atomic mass is 32.2. The Bertz CT molecular complexity index is 1180. The Morgan fingerprint density at radius 1 is 1.14 bits per heavy atom. The number of anilines is 1. The number of aryl methyl sites for hydroxylation is 2. The minimum Gasteiger partial charge on any atom is -0.379 e. The monoisotopic (exact) mass is 431 g/mol. The molecule has 0 radical (unpaired) electrons. The van der Waals surface area contributed by atoms with Crippen molar-refractivity contribution >= 4 is 42.6 Å². The third kappa shape index (κ3) is 4.04. The molecule has 3 aromatic rings. The third-order valence-electron chi connectivity index (χ3n) is 4.83. The van der Waals surface area contributed by atoms with Crippen LogP contribution >= 0.6 is 11.3 Å². The van der Waals surface area contributed by atoms with Gasteiger partial charge in [0.05, 0.1) is 28.3 Å². The van der Waals surface area contributed by atoms with Crippen molar-refractivity contribution in [1.29, 1.82) is 0 Å². The molecule has 0 unspecified atom stereocenters. The molecule has 4 rings (SSSR count). The Balaban J connectivity index is 1.61. The second-order valence-corrected chi connectivity index (χ2v) is 9.91. The summed E-state index contributed by atoms with van der Waals surface area (Å²) in [6, 6.07) is 10.5. The van der Waals surface area contributed by atoms with E-state index in [9.17, 15) is 13.2 Å². The van der Waals surface area contributed by atoms with Crippen LogP contribution in [0.3, 0.4) is 0 Å². The van der Waals surface area contributed by atoms with Gasteiger partial charge in [0, 0.05) is 18.7 Å². The number of morpholine rings is 1. The molecular weight excluding hydrogens is 410 g/mol. The van der Waals surface area contributed by atoms with Gasteiger partial charge in [-0.15, -0.1) is 0 Å². The Hall–Kier alpha value is -2.33. The number of fused-ring (bicyclic) bond motifs is 1. The molecule has 1 fully saturated rings. The number of carbonyl (C=O) groups is 1. The molecular formula is C20H21N3O4S2. The van der Waals surface area contributed by atoms with Crippen LogP contribution in [0, 0.1) is 13.8 Å². The predicted molar refractivity (Wildman–Crippen MR) is 113 cm³/mol. The van der Waals surface area contributed by atoms with Crippen LogP contribution in [-0.4, -0.2) is 49.9 Å². The van der Waals surface area contributed by atoms with E-state index >= 15 is 0 Å². The second kappa shape index (κ2) is 7.83. The molecule has 0 atom stereocenters. The van der Waals surface area contributed by atoms with Crippen LogP contribution in [0.4, 0.5) is 5.13 Å². The van der Waals surface area contributed by atoms with Crippen LogP contribution in [0.5, 0.6) is 0 Å². The molecule has 152 valence electrons. The summed E-state index contributed by atoms with van der Waals surface area (Å²) in [5.41, 5.74) is 2.95. The number of carbonyl (C=O) groups excluding carboxylic acids is 1. The molecule has 1 aliphatic rings. The number of nitrogens with one attached hydrogen (secondary N) is 1. The molecule has 9 heteroatoms. The predicted octanol–water partition coefficient (Wildman–Crippen LogP) is 3.19. The fraction of sp³-hybridized carbons (Fsp3) is 0.300. The van der Waals surface area contributed by atoms with Crippen molar-refractivity contribution in [3.05, 3.63) is 53.1 Å². The standard InChI is InChI=1S/C20H21N3O4S2/c1-13-3-6-17-18(11-13)28-20(21-17)22-19(24)16-12-15(5-4-14(16)2)29(25,26)23-7-9-27-10-8-23/h3-6,11-12H,7-10H2,1-2H3,(H,21,22,24). The molecule has 0 bridgehead atoms. The van der Waals surface area contributed by atoms with E-state index in [1.807, 2.05) is 25.1 Å². The zero-order chi connectivity index (χ0) is 20.6. The number of sulfonamides is 1. The lowest BCUT2D eigenvalue weighted by Gasteiger charge is -2.26. The quantitative estimate of drug-likeness (QED) is 0.685. The molecule has 1 aromatic heterocycles. The third-order valence-corrected chi connectivity index (χ3v) is 7.65. The average Bonchev–Trinajstić information content (AvgIpc) is 3.10. The van der Waals surface area contributed by atoms with Crippen molar-refractivity contribution in [2.75, 3.05) is 31.6 Å². The molecule has 0 aliphatic carbocycles. The lowest BCUT2D eigenvalue weighted by atomic mass is 10.1. The van der Waals surface area contributed by atoms with E-state index in [0.717, 1.165) is 15.8 Å². The van der Waals surface area contributed by atoms with Crippen LogP contribution in [0.1, 0.15) is 21.5 Å². The highest BCUT2D eigenvalue weighted by Crippen LogP contribution is 2.28. The summed E-state index contributed by atoms with van der Waals surface area (Å²) in [6.07, 6.45) is 0. The normalized spacial score (nSPS) is 15.5. The average molecular weight is 432 g/mol. The van der Waals surface area contributed by atoms with Gasteiger partial charge in [-0.3, -0.25) is 10.1 Å². The second-order valence-electron chi connectivity index (χ2n) is 6.94. The summed E-state index contributed by atoms with van der Waals surface area (Å²) in [4.78, 5) is 17.4. The SMILES string of the molecule is Cc1ccc2nc(NC(=O)c3cc(S(=O)(=O)N4CCOCC4)ccc3C)sc2c1. The Morgan fingerprint density at radius 3 is 2.66 bits per heavy atom. The van der Waals surface area contributed by atoms with Crippen LogP contribution in [0.15, 0.2) is 41.3 Å². The maximum absolute atomic E-state index is 12.9. The van der Waals surface area contributed by atoms with E-state index in [1.54, 1.807) is 13.0 Å². The lowest BCUT2D eigenvalue weighted by Crippen LogP contribution is -2.40. The van der Waals surface area contributed by atoms with E-state index in [1.165, 1.54) is 27.8 Å². The first-order valence-corrected chi connectivity index (χ1v) is 11.5. The van der Waals surface area contributed by atoms with Gasteiger partial charge in [-0.05, 0) is 49.2 Å². The van der Waals surface area contributed by atoms with Gasteiger partial charge in [-0.25, -0.2) is 13.4 Å². The Morgan fingerprint density at radius 2 is 1.90 bits per heavy atom. The van der Waals surface area contributed by atoms with Crippen LogP contribution < -0.4 is 5.32 Å². The highest BCUT2D eigenvalue weighted by molar-refractivity contribution is 7.89. The molecule has 0 spiro atoms. The maximum Gasteiger partial charge on any atom is 0.257 e. The number of thiazole rings is 1. The topological polar surface area (TPSA) is 88.6 Å². The first kappa shape index (κ1) is 20.0. The lowest BCUT2D eigenvalue weighted by molar-refractivity contribution is 0.0730. The molecule has 1 N–H and O–H groups in total. The summed E-state index contributed by atoms with van der Waals surface area (Å²) in [5, 5.41) is 3.29. The molecule has 0 saturated carbocycles. The van der Waals surface area contributed by atoms with Crippen molar-refractivity contribution in [2.45, 2.75) is 18.7 Å². The Labute approximate surface area is 173 Å². The summed E-state index contributed by atoms with van der Waals surface area (Å²) in [7, 11) is -3.67. The number of ether oxygens (including phenoxy) is 1. The largest absolute Gasteiger partial charge is 0.379 e. The van der Waals surface area contributed by atoms with Gasteiger partial charge in [0.2, 0.25) is 10.0 Å². The smallest absolute Gasteiger partial charge is 0.257 e. The number of rotatable bonds is 4. The summed E-state index contributed by atoms with van der Waals surface area (Å²) < 4.78 is 33.4. The van der Waals surface area contributed by atoms with E-state index in [2.05, 4.69) is 10.3 Å². The Kier molecular flexibility index (Phi) is 5.39.